The summed E-state index contributed by atoms with van der Waals surface area (Å²) in [5.74, 6) is -0.765. The lowest BCUT2D eigenvalue weighted by Gasteiger charge is -2.22. The maximum absolute atomic E-state index is 13.1. The number of esters is 1. The van der Waals surface area contributed by atoms with Gasteiger partial charge in [-0.05, 0) is 30.7 Å². The van der Waals surface area contributed by atoms with Crippen molar-refractivity contribution >= 4 is 17.6 Å². The fourth-order valence-electron chi connectivity index (χ4n) is 4.16. The number of hydrogen-bond donors (Lipinski definition) is 0. The van der Waals surface area contributed by atoms with Crippen LogP contribution in [0.2, 0.25) is 0 Å². The molecule has 4 rings (SSSR count). The van der Waals surface area contributed by atoms with Gasteiger partial charge in [0.25, 0.3) is 0 Å². The number of carbonyl (C=O) groups excluding carboxylic acids is 2. The molecular formula is C20H23NO5. The second kappa shape index (κ2) is 6.43. The van der Waals surface area contributed by atoms with Crippen molar-refractivity contribution in [1.29, 1.82) is 0 Å². The molecule has 6 heteroatoms. The number of amides is 1. The number of ether oxygens (including phenoxy) is 3. The van der Waals surface area contributed by atoms with Crippen molar-refractivity contribution in [2.75, 3.05) is 25.2 Å². The van der Waals surface area contributed by atoms with Crippen LogP contribution in [-0.2, 0) is 19.1 Å². The van der Waals surface area contributed by atoms with Crippen molar-refractivity contribution in [3.05, 3.63) is 36.4 Å². The molecule has 0 unspecified atom stereocenters. The van der Waals surface area contributed by atoms with Gasteiger partial charge in [0.15, 0.2) is 0 Å². The quantitative estimate of drug-likeness (QED) is 0.444. The first-order valence-corrected chi connectivity index (χ1v) is 9.09. The van der Waals surface area contributed by atoms with E-state index >= 15 is 0 Å². The van der Waals surface area contributed by atoms with Gasteiger partial charge in [-0.15, -0.1) is 0 Å². The molecule has 0 radical (unpaired) electrons. The summed E-state index contributed by atoms with van der Waals surface area (Å²) in [5.41, 5.74) is 0.0500. The second-order valence-corrected chi connectivity index (χ2v) is 7.04. The molecule has 138 valence electrons. The predicted molar refractivity (Wildman–Crippen MR) is 94.9 cm³/mol. The second-order valence-electron chi connectivity index (χ2n) is 7.04. The standard InChI is InChI=1S/C20H23NO5/c1-3-4-11-25-19(23)16-15-9-10-20(26-15)12-21(18(22)17(16)20)13-5-7-14(24-2)8-6-13/h5-10,15-17H,3-4,11-12H2,1-2H3/t15-,16-,17+,20-/m1/s1. The van der Waals surface area contributed by atoms with Gasteiger partial charge in [0.2, 0.25) is 5.91 Å². The fraction of sp³-hybridized carbons (Fsp3) is 0.500. The summed E-state index contributed by atoms with van der Waals surface area (Å²) in [4.78, 5) is 27.4. The van der Waals surface area contributed by atoms with Gasteiger partial charge in [0.1, 0.15) is 17.3 Å². The van der Waals surface area contributed by atoms with Crippen LogP contribution in [0.25, 0.3) is 0 Å². The SMILES string of the molecule is CCCCOC(=O)[C@H]1[C@H]2C(=O)N(c3ccc(OC)cc3)C[C@]23C=C[C@H]1O3. The average molecular weight is 357 g/mol. The molecule has 6 nitrogen and oxygen atoms in total. The minimum atomic E-state index is -0.726. The molecule has 3 aliphatic heterocycles. The first kappa shape index (κ1) is 17.1. The number of carbonyl (C=O) groups is 2. The number of fused-ring (bicyclic) bond motifs is 1. The molecule has 0 aromatic heterocycles. The Hall–Kier alpha value is -2.34. The monoisotopic (exact) mass is 357 g/mol. The summed E-state index contributed by atoms with van der Waals surface area (Å²) >= 11 is 0. The number of benzene rings is 1. The topological polar surface area (TPSA) is 65.1 Å². The molecular weight excluding hydrogens is 334 g/mol. The highest BCUT2D eigenvalue weighted by Gasteiger charge is 2.67. The van der Waals surface area contributed by atoms with Gasteiger partial charge in [0.05, 0.1) is 32.3 Å². The van der Waals surface area contributed by atoms with Crippen LogP contribution >= 0.6 is 0 Å². The molecule has 1 aromatic carbocycles. The van der Waals surface area contributed by atoms with Crippen LogP contribution in [0.3, 0.4) is 0 Å². The van der Waals surface area contributed by atoms with E-state index in [9.17, 15) is 9.59 Å². The third kappa shape index (κ3) is 2.51. The zero-order chi connectivity index (χ0) is 18.3. The Balaban J connectivity index is 1.57. The van der Waals surface area contributed by atoms with Crippen LogP contribution in [-0.4, -0.2) is 43.8 Å². The van der Waals surface area contributed by atoms with Crippen LogP contribution in [0.15, 0.2) is 36.4 Å². The lowest BCUT2D eigenvalue weighted by molar-refractivity contribution is -0.152. The smallest absolute Gasteiger partial charge is 0.312 e. The zero-order valence-electron chi connectivity index (χ0n) is 15.0. The molecule has 0 saturated carbocycles. The first-order chi connectivity index (χ1) is 12.6. The van der Waals surface area contributed by atoms with Crippen molar-refractivity contribution in [3.63, 3.8) is 0 Å². The molecule has 2 saturated heterocycles. The number of rotatable bonds is 6. The number of nitrogens with zero attached hydrogens (tertiary/aromatic N) is 1. The third-order valence-corrected chi connectivity index (χ3v) is 5.50. The van der Waals surface area contributed by atoms with Gasteiger partial charge in [-0.25, -0.2) is 0 Å². The Labute approximate surface area is 152 Å². The fourth-order valence-corrected chi connectivity index (χ4v) is 4.16. The maximum Gasteiger partial charge on any atom is 0.312 e. The highest BCUT2D eigenvalue weighted by molar-refractivity contribution is 6.02. The van der Waals surface area contributed by atoms with E-state index in [0.717, 1.165) is 24.3 Å². The van der Waals surface area contributed by atoms with E-state index in [2.05, 4.69) is 0 Å². The molecule has 2 bridgehead atoms. The Morgan fingerprint density at radius 1 is 1.35 bits per heavy atom. The van der Waals surface area contributed by atoms with E-state index in [1.165, 1.54) is 0 Å². The molecule has 1 aromatic rings. The Morgan fingerprint density at radius 2 is 2.12 bits per heavy atom. The Bertz CT molecular complexity index is 743. The van der Waals surface area contributed by atoms with Crippen LogP contribution in [0.4, 0.5) is 5.69 Å². The third-order valence-electron chi connectivity index (χ3n) is 5.50. The van der Waals surface area contributed by atoms with Crippen LogP contribution in [0.1, 0.15) is 19.8 Å². The molecule has 3 heterocycles. The van der Waals surface area contributed by atoms with Crippen LogP contribution in [0.5, 0.6) is 5.75 Å². The van der Waals surface area contributed by atoms with Gasteiger partial charge in [0, 0.05) is 5.69 Å². The van der Waals surface area contributed by atoms with Crippen molar-refractivity contribution in [2.24, 2.45) is 11.8 Å². The van der Waals surface area contributed by atoms with E-state index in [1.54, 1.807) is 12.0 Å². The Morgan fingerprint density at radius 3 is 2.81 bits per heavy atom. The number of anilines is 1. The largest absolute Gasteiger partial charge is 0.497 e. The van der Waals surface area contributed by atoms with Gasteiger partial charge in [-0.1, -0.05) is 25.5 Å². The van der Waals surface area contributed by atoms with Gasteiger partial charge >= 0.3 is 5.97 Å². The van der Waals surface area contributed by atoms with Gasteiger partial charge in [-0.2, -0.15) is 0 Å². The number of unbranched alkanes of at least 4 members (excludes halogenated alkanes) is 1. The summed E-state index contributed by atoms with van der Waals surface area (Å²) in [6.07, 6.45) is 5.25. The van der Waals surface area contributed by atoms with E-state index < -0.39 is 17.4 Å². The van der Waals surface area contributed by atoms with Gasteiger partial charge in [-0.3, -0.25) is 9.59 Å². The summed E-state index contributed by atoms with van der Waals surface area (Å²) < 4.78 is 16.7. The van der Waals surface area contributed by atoms with Crippen molar-refractivity contribution in [1.82, 2.24) is 0 Å². The minimum absolute atomic E-state index is 0.0838. The molecule has 1 amide bonds. The lowest BCUT2D eigenvalue weighted by Crippen LogP contribution is -2.40. The van der Waals surface area contributed by atoms with Crippen LogP contribution < -0.4 is 9.64 Å². The predicted octanol–water partition coefficient (Wildman–Crippen LogP) is 2.32. The zero-order valence-corrected chi connectivity index (χ0v) is 15.0. The molecule has 3 aliphatic rings. The highest BCUT2D eigenvalue weighted by Crippen LogP contribution is 2.52. The average Bonchev–Trinajstić information content (AvgIpc) is 3.30. The van der Waals surface area contributed by atoms with E-state index in [1.807, 2.05) is 43.3 Å². The summed E-state index contributed by atoms with van der Waals surface area (Å²) in [6.45, 7) is 2.84. The summed E-state index contributed by atoms with van der Waals surface area (Å²) in [7, 11) is 1.60. The van der Waals surface area contributed by atoms with Crippen molar-refractivity contribution in [3.8, 4) is 5.75 Å². The summed E-state index contributed by atoms with van der Waals surface area (Å²) in [5, 5.41) is 0. The molecule has 1 spiro atoms. The number of hydrogen-bond acceptors (Lipinski definition) is 5. The van der Waals surface area contributed by atoms with E-state index in [-0.39, 0.29) is 18.0 Å². The molecule has 0 N–H and O–H groups in total. The molecule has 2 fully saturated rings. The highest BCUT2D eigenvalue weighted by atomic mass is 16.6. The minimum Gasteiger partial charge on any atom is -0.497 e. The van der Waals surface area contributed by atoms with Crippen molar-refractivity contribution in [2.45, 2.75) is 31.5 Å². The summed E-state index contributed by atoms with van der Waals surface area (Å²) in [6, 6.07) is 7.33. The van der Waals surface area contributed by atoms with E-state index in [4.69, 9.17) is 14.2 Å². The first-order valence-electron chi connectivity index (χ1n) is 9.09. The normalized spacial score (nSPS) is 31.4. The maximum atomic E-state index is 13.1. The lowest BCUT2D eigenvalue weighted by atomic mass is 9.77. The van der Waals surface area contributed by atoms with Crippen molar-refractivity contribution < 1.29 is 23.8 Å². The number of methoxy groups -OCH3 is 1. The van der Waals surface area contributed by atoms with E-state index in [0.29, 0.717) is 13.2 Å². The molecule has 26 heavy (non-hydrogen) atoms. The molecule has 4 atom stereocenters. The Kier molecular flexibility index (Phi) is 4.23. The van der Waals surface area contributed by atoms with Gasteiger partial charge < -0.3 is 19.1 Å². The van der Waals surface area contributed by atoms with Crippen LogP contribution in [0, 0.1) is 11.8 Å². The molecule has 0 aliphatic carbocycles.